The Morgan fingerprint density at radius 1 is 1.20 bits per heavy atom. The van der Waals surface area contributed by atoms with Crippen LogP contribution in [0.25, 0.3) is 0 Å². The van der Waals surface area contributed by atoms with Gasteiger partial charge >= 0.3 is 6.18 Å². The van der Waals surface area contributed by atoms with Gasteiger partial charge in [0.25, 0.3) is 0 Å². The number of hydrogen-bond acceptors (Lipinski definition) is 3. The van der Waals surface area contributed by atoms with Crippen LogP contribution in [-0.4, -0.2) is 9.19 Å². The Labute approximate surface area is 120 Å². The molecule has 0 spiro atoms. The number of benzene rings is 1. The molecule has 2 aromatic rings. The van der Waals surface area contributed by atoms with Crippen molar-refractivity contribution in [3.05, 3.63) is 47.1 Å². The van der Waals surface area contributed by atoms with Gasteiger partial charge < -0.3 is 5.73 Å². The molecule has 0 aliphatic rings. The Morgan fingerprint density at radius 3 is 2.30 bits per heavy atom. The molecule has 0 aliphatic carbocycles. The normalized spacial score (nSPS) is 13.2. The molecule has 0 unspecified atom stereocenters. The van der Waals surface area contributed by atoms with Gasteiger partial charge in [-0.05, 0) is 30.3 Å². The van der Waals surface area contributed by atoms with Gasteiger partial charge in [-0.15, -0.1) is 0 Å². The van der Waals surface area contributed by atoms with Crippen LogP contribution in [0.3, 0.4) is 0 Å². The quantitative estimate of drug-likeness (QED) is 0.862. The molecule has 3 nitrogen and oxygen atoms in total. The first kappa shape index (κ1) is 14.8. The molecule has 0 aliphatic heterocycles. The van der Waals surface area contributed by atoms with E-state index >= 15 is 0 Å². The summed E-state index contributed by atoms with van der Waals surface area (Å²) >= 11 is 5.73. The molecule has 0 saturated carbocycles. The van der Waals surface area contributed by atoms with E-state index in [4.69, 9.17) is 17.3 Å². The number of nitrogens with two attached hydrogens (primary N) is 1. The van der Waals surface area contributed by atoms with Gasteiger partial charge in [-0.2, -0.15) is 13.2 Å². The molecule has 0 radical (unpaired) electrons. The van der Waals surface area contributed by atoms with Crippen LogP contribution in [0, 0.1) is 0 Å². The van der Waals surface area contributed by atoms with Crippen LogP contribution in [0.4, 0.5) is 18.9 Å². The summed E-state index contributed by atoms with van der Waals surface area (Å²) in [5, 5.41) is -0.417. The third-order valence-electron chi connectivity index (χ3n) is 2.40. The number of pyridine rings is 1. The van der Waals surface area contributed by atoms with Crippen molar-refractivity contribution in [3.8, 4) is 0 Å². The van der Waals surface area contributed by atoms with Crippen LogP contribution in [0.15, 0.2) is 46.5 Å². The topological polar surface area (TPSA) is 56.0 Å². The number of rotatable bonds is 2. The Bertz CT molecular complexity index is 659. The number of aromatic nitrogens is 1. The summed E-state index contributed by atoms with van der Waals surface area (Å²) in [5.41, 5.74) is 5.00. The largest absolute Gasteiger partial charge is 0.417 e. The fourth-order valence-electron chi connectivity index (χ4n) is 1.42. The molecule has 0 saturated heterocycles. The number of nitrogen functional groups attached to an aromatic ring is 1. The molecule has 20 heavy (non-hydrogen) atoms. The van der Waals surface area contributed by atoms with E-state index in [2.05, 4.69) is 4.98 Å². The highest BCUT2D eigenvalue weighted by Crippen LogP contribution is 2.32. The third-order valence-corrected chi connectivity index (χ3v) is 4.18. The lowest BCUT2D eigenvalue weighted by Crippen LogP contribution is -2.07. The van der Waals surface area contributed by atoms with Crippen LogP contribution in [0.1, 0.15) is 5.56 Å². The van der Waals surface area contributed by atoms with E-state index in [1.54, 1.807) is 0 Å². The lowest BCUT2D eigenvalue weighted by molar-refractivity contribution is -0.137. The first-order chi connectivity index (χ1) is 9.29. The molecular formula is C12H8ClF3N2OS. The van der Waals surface area contributed by atoms with Gasteiger partial charge in [0, 0.05) is 16.8 Å². The molecule has 0 fully saturated rings. The van der Waals surface area contributed by atoms with Crippen LogP contribution < -0.4 is 5.73 Å². The summed E-state index contributed by atoms with van der Waals surface area (Å²) in [5.74, 6) is 0. The third kappa shape index (κ3) is 3.10. The van der Waals surface area contributed by atoms with Gasteiger partial charge in [0.1, 0.15) is 10.8 Å². The van der Waals surface area contributed by atoms with Crippen molar-refractivity contribution < 1.29 is 17.4 Å². The smallest absolute Gasteiger partial charge is 0.399 e. The van der Waals surface area contributed by atoms with E-state index in [0.717, 1.165) is 0 Å². The minimum absolute atomic E-state index is 0.121. The SMILES string of the molecule is Nc1ccc([S@](=O)c2ncc(C(F)(F)F)cc2Cl)cc1. The molecule has 1 heterocycles. The number of alkyl halides is 3. The van der Waals surface area contributed by atoms with Crippen molar-refractivity contribution in [3.63, 3.8) is 0 Å². The summed E-state index contributed by atoms with van der Waals surface area (Å²) in [7, 11) is -1.77. The molecule has 1 aromatic heterocycles. The van der Waals surface area contributed by atoms with Crippen LogP contribution in [0.2, 0.25) is 5.02 Å². The van der Waals surface area contributed by atoms with Crippen molar-refractivity contribution in [2.75, 3.05) is 5.73 Å². The minimum Gasteiger partial charge on any atom is -0.399 e. The monoisotopic (exact) mass is 320 g/mol. The van der Waals surface area contributed by atoms with Crippen LogP contribution >= 0.6 is 11.6 Å². The zero-order valence-corrected chi connectivity index (χ0v) is 11.4. The maximum absolute atomic E-state index is 12.5. The highest BCUT2D eigenvalue weighted by molar-refractivity contribution is 7.85. The Hall–Kier alpha value is -1.60. The Morgan fingerprint density at radius 2 is 1.80 bits per heavy atom. The summed E-state index contributed by atoms with van der Waals surface area (Å²) in [6.45, 7) is 0. The van der Waals surface area contributed by atoms with Gasteiger partial charge in [0.15, 0.2) is 5.03 Å². The second kappa shape index (κ2) is 5.41. The number of halogens is 4. The van der Waals surface area contributed by atoms with Crippen molar-refractivity contribution in [1.82, 2.24) is 4.98 Å². The highest BCUT2D eigenvalue weighted by atomic mass is 35.5. The summed E-state index contributed by atoms with van der Waals surface area (Å²) < 4.78 is 49.6. The van der Waals surface area contributed by atoms with Crippen molar-refractivity contribution in [1.29, 1.82) is 0 Å². The van der Waals surface area contributed by atoms with E-state index in [1.165, 1.54) is 24.3 Å². The molecule has 0 amide bonds. The zero-order chi connectivity index (χ0) is 14.9. The lowest BCUT2D eigenvalue weighted by Gasteiger charge is -2.09. The molecule has 1 atom stereocenters. The number of nitrogens with zero attached hydrogens (tertiary/aromatic N) is 1. The van der Waals surface area contributed by atoms with E-state index in [0.29, 0.717) is 22.8 Å². The van der Waals surface area contributed by atoms with Crippen LogP contribution in [-0.2, 0) is 17.0 Å². The van der Waals surface area contributed by atoms with Crippen molar-refractivity contribution in [2.45, 2.75) is 16.1 Å². The number of hydrogen-bond donors (Lipinski definition) is 1. The molecule has 8 heteroatoms. The van der Waals surface area contributed by atoms with Gasteiger partial charge in [-0.3, -0.25) is 0 Å². The number of anilines is 1. The highest BCUT2D eigenvalue weighted by Gasteiger charge is 2.32. The van der Waals surface area contributed by atoms with Crippen LogP contribution in [0.5, 0.6) is 0 Å². The minimum atomic E-state index is -4.54. The average molecular weight is 321 g/mol. The fourth-order valence-corrected chi connectivity index (χ4v) is 2.79. The van der Waals surface area contributed by atoms with E-state index in [-0.39, 0.29) is 10.0 Å². The molecule has 2 rings (SSSR count). The van der Waals surface area contributed by atoms with Crippen molar-refractivity contribution >= 4 is 28.1 Å². The predicted octanol–water partition coefficient (Wildman–Crippen LogP) is 3.50. The molecular weight excluding hydrogens is 313 g/mol. The van der Waals surface area contributed by atoms with Gasteiger partial charge in [-0.1, -0.05) is 11.6 Å². The molecule has 1 aromatic carbocycles. The second-order valence-electron chi connectivity index (χ2n) is 3.85. The molecule has 0 bridgehead atoms. The molecule has 2 N–H and O–H groups in total. The first-order valence-electron chi connectivity index (χ1n) is 5.29. The molecule has 106 valence electrons. The van der Waals surface area contributed by atoms with Gasteiger partial charge in [0.05, 0.1) is 10.6 Å². The summed E-state index contributed by atoms with van der Waals surface area (Å²) in [6, 6.07) is 6.78. The summed E-state index contributed by atoms with van der Waals surface area (Å²) in [4.78, 5) is 3.92. The van der Waals surface area contributed by atoms with Gasteiger partial charge in [-0.25, -0.2) is 9.19 Å². The standard InChI is InChI=1S/C12H8ClF3N2OS/c13-10-5-7(12(14,15)16)6-18-11(10)20(19)9-3-1-8(17)2-4-9/h1-6H,17H2/t20-/m0/s1. The summed E-state index contributed by atoms with van der Waals surface area (Å²) in [6.07, 6.45) is -3.94. The van der Waals surface area contributed by atoms with E-state index in [9.17, 15) is 17.4 Å². The fraction of sp³-hybridized carbons (Fsp3) is 0.0833. The predicted molar refractivity (Wildman–Crippen MR) is 69.8 cm³/mol. The van der Waals surface area contributed by atoms with E-state index in [1.807, 2.05) is 0 Å². The average Bonchev–Trinajstić information content (AvgIpc) is 2.37. The Kier molecular flexibility index (Phi) is 4.01. The van der Waals surface area contributed by atoms with Gasteiger partial charge in [0.2, 0.25) is 0 Å². The zero-order valence-electron chi connectivity index (χ0n) is 9.82. The maximum atomic E-state index is 12.5. The second-order valence-corrected chi connectivity index (χ2v) is 5.65. The van der Waals surface area contributed by atoms with E-state index < -0.39 is 22.5 Å². The first-order valence-corrected chi connectivity index (χ1v) is 6.82. The Balaban J connectivity index is 2.38. The lowest BCUT2D eigenvalue weighted by atomic mass is 10.3. The maximum Gasteiger partial charge on any atom is 0.417 e. The van der Waals surface area contributed by atoms with Crippen molar-refractivity contribution in [2.24, 2.45) is 0 Å².